The first-order valence-electron chi connectivity index (χ1n) is 2.96. The lowest BCUT2D eigenvalue weighted by Crippen LogP contribution is -1.98. The van der Waals surface area contributed by atoms with Gasteiger partial charge in [-0.2, -0.15) is 0 Å². The van der Waals surface area contributed by atoms with E-state index in [0.717, 1.165) is 0 Å². The minimum absolute atomic E-state index is 0.0849. The van der Waals surface area contributed by atoms with Crippen LogP contribution in [-0.4, -0.2) is 4.98 Å². The van der Waals surface area contributed by atoms with Crippen molar-refractivity contribution in [2.45, 2.75) is 0 Å². The summed E-state index contributed by atoms with van der Waals surface area (Å²) in [6, 6.07) is 2.36. The summed E-state index contributed by atoms with van der Waals surface area (Å²) in [4.78, 5) is 3.49. The summed E-state index contributed by atoms with van der Waals surface area (Å²) in [5, 5.41) is 30.3. The Hall–Kier alpha value is -1.57. The molecule has 0 aliphatic heterocycles. The lowest BCUT2D eigenvalue weighted by atomic mass is 10.4. The van der Waals surface area contributed by atoms with Crippen LogP contribution in [-0.2, 0) is 15.6 Å². The highest BCUT2D eigenvalue weighted by Gasteiger charge is 2.01. The van der Waals surface area contributed by atoms with Crippen molar-refractivity contribution < 1.29 is 15.6 Å². The largest absolute Gasteiger partial charge is 0.233 e. The van der Waals surface area contributed by atoms with Crippen LogP contribution in [0.3, 0.4) is 0 Å². The SMILES string of the molecule is [O]Nc1cc(N[O])nc(N[O])c1. The summed E-state index contributed by atoms with van der Waals surface area (Å²) in [5.74, 6) is -0.205. The molecule has 0 aliphatic rings. The van der Waals surface area contributed by atoms with Gasteiger partial charge in [-0.1, -0.05) is 15.6 Å². The van der Waals surface area contributed by atoms with E-state index in [0.29, 0.717) is 0 Å². The smallest absolute Gasteiger partial charge is 0.157 e. The molecule has 7 heteroatoms. The third-order valence-electron chi connectivity index (χ3n) is 1.15. The van der Waals surface area contributed by atoms with E-state index in [1.807, 2.05) is 0 Å². The number of rotatable bonds is 3. The Morgan fingerprint density at radius 1 is 0.917 bits per heavy atom. The standard InChI is InChI=1S/C5H5N4O3/c10-7-3-1-4(8-11)6-5(2-3)9-12/h1-2H,(H3,6,7,8,9). The van der Waals surface area contributed by atoms with Crippen molar-refractivity contribution in [2.75, 3.05) is 16.4 Å². The topological polar surface area (TPSA) is 109 Å². The van der Waals surface area contributed by atoms with E-state index >= 15 is 0 Å². The van der Waals surface area contributed by atoms with Gasteiger partial charge in [0.05, 0.1) is 5.69 Å². The zero-order valence-electron chi connectivity index (χ0n) is 5.83. The maximum atomic E-state index is 10.1. The van der Waals surface area contributed by atoms with E-state index in [-0.39, 0.29) is 17.3 Å². The molecule has 0 atom stereocenters. The minimum Gasteiger partial charge on any atom is -0.233 e. The van der Waals surface area contributed by atoms with Crippen LogP contribution in [0, 0.1) is 0 Å². The lowest BCUT2D eigenvalue weighted by molar-refractivity contribution is 0.266. The fraction of sp³-hybridized carbons (Fsp3) is 0. The Balaban J connectivity index is 3.01. The Morgan fingerprint density at radius 2 is 1.42 bits per heavy atom. The maximum Gasteiger partial charge on any atom is 0.157 e. The minimum atomic E-state index is -0.103. The molecule has 0 aromatic carbocycles. The molecule has 0 unspecified atom stereocenters. The van der Waals surface area contributed by atoms with Crippen LogP contribution in [0.25, 0.3) is 0 Å². The highest BCUT2D eigenvalue weighted by molar-refractivity contribution is 5.57. The summed E-state index contributed by atoms with van der Waals surface area (Å²) < 4.78 is 0. The maximum absolute atomic E-state index is 10.1. The fourth-order valence-electron chi connectivity index (χ4n) is 0.694. The molecule has 0 saturated heterocycles. The van der Waals surface area contributed by atoms with Gasteiger partial charge in [0.2, 0.25) is 0 Å². The van der Waals surface area contributed by atoms with Gasteiger partial charge in [0.25, 0.3) is 0 Å². The van der Waals surface area contributed by atoms with Gasteiger partial charge in [0, 0.05) is 12.1 Å². The van der Waals surface area contributed by atoms with Crippen molar-refractivity contribution in [3.8, 4) is 0 Å². The van der Waals surface area contributed by atoms with E-state index < -0.39 is 0 Å². The van der Waals surface area contributed by atoms with Crippen molar-refractivity contribution in [2.24, 2.45) is 0 Å². The summed E-state index contributed by atoms with van der Waals surface area (Å²) in [5.41, 5.74) is 4.53. The number of nitrogens with one attached hydrogen (secondary N) is 3. The van der Waals surface area contributed by atoms with Crippen molar-refractivity contribution in [3.63, 3.8) is 0 Å². The predicted octanol–water partition coefficient (Wildman–Crippen LogP) is 0.354. The van der Waals surface area contributed by atoms with Crippen molar-refractivity contribution in [1.29, 1.82) is 0 Å². The molecule has 0 spiro atoms. The normalized spacial score (nSPS) is 9.25. The zero-order chi connectivity index (χ0) is 8.97. The van der Waals surface area contributed by atoms with Gasteiger partial charge >= 0.3 is 0 Å². The van der Waals surface area contributed by atoms with Gasteiger partial charge in [-0.15, -0.1) is 0 Å². The van der Waals surface area contributed by atoms with Crippen molar-refractivity contribution in [3.05, 3.63) is 12.1 Å². The molecule has 12 heavy (non-hydrogen) atoms. The first-order chi connectivity index (χ1) is 5.80. The van der Waals surface area contributed by atoms with Crippen molar-refractivity contribution in [1.82, 2.24) is 4.98 Å². The second kappa shape index (κ2) is 3.72. The van der Waals surface area contributed by atoms with Crippen LogP contribution in [0.2, 0.25) is 0 Å². The molecule has 0 saturated carbocycles. The van der Waals surface area contributed by atoms with Crippen LogP contribution in [0.15, 0.2) is 12.1 Å². The summed E-state index contributed by atoms with van der Waals surface area (Å²) in [6.07, 6.45) is 0. The van der Waals surface area contributed by atoms with Gasteiger partial charge in [-0.3, -0.25) is 0 Å². The molecule has 0 fully saturated rings. The average molecular weight is 169 g/mol. The van der Waals surface area contributed by atoms with Crippen LogP contribution < -0.4 is 16.4 Å². The lowest BCUT2D eigenvalue weighted by Gasteiger charge is -2.02. The van der Waals surface area contributed by atoms with E-state index in [4.69, 9.17) is 0 Å². The van der Waals surface area contributed by atoms with Crippen LogP contribution >= 0.6 is 0 Å². The molecule has 1 rings (SSSR count). The number of aromatic nitrogens is 1. The van der Waals surface area contributed by atoms with E-state index in [1.54, 1.807) is 0 Å². The number of pyridine rings is 1. The van der Waals surface area contributed by atoms with Gasteiger partial charge in [-0.25, -0.2) is 21.4 Å². The van der Waals surface area contributed by atoms with E-state index in [1.165, 1.54) is 28.6 Å². The number of anilines is 3. The predicted molar refractivity (Wildman–Crippen MR) is 37.2 cm³/mol. The fourth-order valence-corrected chi connectivity index (χ4v) is 0.694. The quantitative estimate of drug-likeness (QED) is 0.567. The second-order valence-corrected chi connectivity index (χ2v) is 1.93. The monoisotopic (exact) mass is 169 g/mol. The second-order valence-electron chi connectivity index (χ2n) is 1.93. The Morgan fingerprint density at radius 3 is 1.75 bits per heavy atom. The molecule has 0 aliphatic carbocycles. The third kappa shape index (κ3) is 1.72. The van der Waals surface area contributed by atoms with Gasteiger partial charge in [0.1, 0.15) is 0 Å². The summed E-state index contributed by atoms with van der Waals surface area (Å²) in [7, 11) is 0. The van der Waals surface area contributed by atoms with Gasteiger partial charge in [0.15, 0.2) is 11.6 Å². The molecule has 3 radical (unpaired) electrons. The van der Waals surface area contributed by atoms with Crippen molar-refractivity contribution >= 4 is 17.3 Å². The summed E-state index contributed by atoms with van der Waals surface area (Å²) in [6.45, 7) is 0. The molecule has 1 heterocycles. The Labute approximate surface area is 67.5 Å². The number of hydrogen-bond donors (Lipinski definition) is 3. The van der Waals surface area contributed by atoms with Crippen LogP contribution in [0.5, 0.6) is 0 Å². The molecule has 63 valence electrons. The van der Waals surface area contributed by atoms with Crippen LogP contribution in [0.4, 0.5) is 17.3 Å². The number of nitrogens with zero attached hydrogens (tertiary/aromatic N) is 1. The summed E-state index contributed by atoms with van der Waals surface area (Å²) >= 11 is 0. The highest BCUT2D eigenvalue weighted by atomic mass is 16.5. The molecule has 3 N–H and O–H groups in total. The molecular weight excluding hydrogens is 164 g/mol. The molecule has 1 aromatic rings. The molecule has 7 nitrogen and oxygen atoms in total. The third-order valence-corrected chi connectivity index (χ3v) is 1.15. The first kappa shape index (κ1) is 8.53. The molecule has 0 amide bonds. The van der Waals surface area contributed by atoms with Gasteiger partial charge < -0.3 is 0 Å². The Bertz CT molecular complexity index is 212. The van der Waals surface area contributed by atoms with Crippen LogP contribution in [0.1, 0.15) is 0 Å². The Kier molecular flexibility index (Phi) is 2.64. The van der Waals surface area contributed by atoms with E-state index in [2.05, 4.69) is 4.98 Å². The molecule has 0 bridgehead atoms. The van der Waals surface area contributed by atoms with E-state index in [9.17, 15) is 15.6 Å². The highest BCUT2D eigenvalue weighted by Crippen LogP contribution is 2.17. The average Bonchev–Trinajstić information content (AvgIpc) is 2.16. The molecule has 1 aromatic heterocycles. The number of hydrogen-bond acceptors (Lipinski definition) is 4. The molecular formula is C5H5N4O3. The first-order valence-corrected chi connectivity index (χ1v) is 2.96. The zero-order valence-corrected chi connectivity index (χ0v) is 5.83. The van der Waals surface area contributed by atoms with Gasteiger partial charge in [-0.05, 0) is 0 Å².